The molecule has 4 heterocycles. The summed E-state index contributed by atoms with van der Waals surface area (Å²) in [7, 11) is 0. The largest absolute Gasteiger partial charge is 0.326 e. The fourth-order valence-electron chi connectivity index (χ4n) is 4.10. The molecule has 1 amide bonds. The lowest BCUT2D eigenvalue weighted by atomic mass is 9.91. The molecule has 0 fully saturated rings. The van der Waals surface area contributed by atoms with E-state index in [0.717, 1.165) is 47.9 Å². The van der Waals surface area contributed by atoms with E-state index in [1.54, 1.807) is 6.33 Å². The lowest BCUT2D eigenvalue weighted by molar-refractivity contribution is -0.115. The van der Waals surface area contributed by atoms with Crippen LogP contribution in [-0.2, 0) is 24.2 Å². The summed E-state index contributed by atoms with van der Waals surface area (Å²) in [6, 6.07) is 14.0. The average Bonchev–Trinajstić information content (AvgIpc) is 3.32. The number of carbonyl (C=O) groups is 1. The van der Waals surface area contributed by atoms with Gasteiger partial charge in [-0.2, -0.15) is 0 Å². The normalized spacial score (nSPS) is 16.0. The highest BCUT2D eigenvalue weighted by molar-refractivity contribution is 5.92. The zero-order chi connectivity index (χ0) is 19.8. The molecule has 0 spiro atoms. The zero-order valence-corrected chi connectivity index (χ0v) is 16.2. The Bertz CT molecular complexity index is 1170. The number of carbonyl (C=O) groups excluding carboxylic acids is 1. The fraction of sp³-hybridized carbons (Fsp3) is 0.273. The van der Waals surface area contributed by atoms with Crippen LogP contribution in [0.3, 0.4) is 0 Å². The number of benzene rings is 1. The van der Waals surface area contributed by atoms with E-state index in [1.807, 2.05) is 47.9 Å². The van der Waals surface area contributed by atoms with Crippen LogP contribution in [-0.4, -0.2) is 30.1 Å². The van der Waals surface area contributed by atoms with Crippen molar-refractivity contribution in [3.63, 3.8) is 0 Å². The van der Waals surface area contributed by atoms with Crippen molar-refractivity contribution in [3.8, 4) is 0 Å². The van der Waals surface area contributed by atoms with Crippen LogP contribution in [0.1, 0.15) is 35.1 Å². The first-order valence-corrected chi connectivity index (χ1v) is 9.86. The second-order valence-corrected chi connectivity index (χ2v) is 7.55. The molecule has 3 aromatic heterocycles. The topological polar surface area (TPSA) is 77.1 Å². The second-order valence-electron chi connectivity index (χ2n) is 7.55. The van der Waals surface area contributed by atoms with Gasteiger partial charge in [-0.3, -0.25) is 4.79 Å². The van der Waals surface area contributed by atoms with Crippen LogP contribution in [0.5, 0.6) is 0 Å². The van der Waals surface area contributed by atoms with Gasteiger partial charge in [0, 0.05) is 30.8 Å². The van der Waals surface area contributed by atoms with Crippen molar-refractivity contribution in [2.45, 2.75) is 38.6 Å². The monoisotopic (exact) mass is 386 g/mol. The van der Waals surface area contributed by atoms with Crippen molar-refractivity contribution in [3.05, 3.63) is 77.8 Å². The number of imidazole rings is 1. The highest BCUT2D eigenvalue weighted by Gasteiger charge is 2.21. The number of aromatic nitrogens is 5. The third-order valence-corrected chi connectivity index (χ3v) is 5.65. The maximum atomic E-state index is 12.6. The zero-order valence-electron chi connectivity index (χ0n) is 16.2. The van der Waals surface area contributed by atoms with E-state index < -0.39 is 0 Å². The number of rotatable bonds is 4. The van der Waals surface area contributed by atoms with Crippen LogP contribution < -0.4 is 5.32 Å². The van der Waals surface area contributed by atoms with Crippen molar-refractivity contribution in [2.75, 3.05) is 5.32 Å². The molecule has 146 valence electrons. The van der Waals surface area contributed by atoms with Gasteiger partial charge in [-0.05, 0) is 43.2 Å². The molecule has 1 N–H and O–H groups in total. The van der Waals surface area contributed by atoms with Crippen molar-refractivity contribution in [2.24, 2.45) is 0 Å². The summed E-state index contributed by atoms with van der Waals surface area (Å²) < 4.78 is 4.10. The van der Waals surface area contributed by atoms with E-state index in [-0.39, 0.29) is 12.3 Å². The Balaban J connectivity index is 1.26. The predicted octanol–water partition coefficient (Wildman–Crippen LogP) is 3.15. The van der Waals surface area contributed by atoms with Gasteiger partial charge in [-0.1, -0.05) is 18.2 Å². The summed E-state index contributed by atoms with van der Waals surface area (Å²) in [6.45, 7) is 2.84. The van der Waals surface area contributed by atoms with Crippen LogP contribution >= 0.6 is 0 Å². The van der Waals surface area contributed by atoms with Gasteiger partial charge in [0.1, 0.15) is 17.8 Å². The highest BCUT2D eigenvalue weighted by Crippen LogP contribution is 2.28. The first-order valence-electron chi connectivity index (χ1n) is 9.86. The standard InChI is InChI=1S/C22H22N6O/c1-15-19(28-11-3-2-4-20(28)24-15)12-22(29)25-18-8-5-16(6-9-18)17-7-10-21-26-23-14-27(21)13-17/h2-6,8-9,11,14,17H,7,10,12-13H2,1H3,(H,25,29). The molecule has 0 saturated carbocycles. The van der Waals surface area contributed by atoms with Crippen molar-refractivity contribution < 1.29 is 4.79 Å². The molecule has 0 saturated heterocycles. The summed E-state index contributed by atoms with van der Waals surface area (Å²) in [5, 5.41) is 11.1. The summed E-state index contributed by atoms with van der Waals surface area (Å²) in [5.41, 5.74) is 4.75. The van der Waals surface area contributed by atoms with E-state index in [1.165, 1.54) is 5.56 Å². The Morgan fingerprint density at radius 1 is 1.21 bits per heavy atom. The Morgan fingerprint density at radius 2 is 2.07 bits per heavy atom. The number of pyridine rings is 1. The summed E-state index contributed by atoms with van der Waals surface area (Å²) in [4.78, 5) is 17.1. The number of amides is 1. The molecule has 4 aromatic rings. The number of hydrogen-bond donors (Lipinski definition) is 1. The average molecular weight is 386 g/mol. The first kappa shape index (κ1) is 17.6. The minimum Gasteiger partial charge on any atom is -0.326 e. The number of nitrogens with zero attached hydrogens (tertiary/aromatic N) is 5. The first-order chi connectivity index (χ1) is 14.2. The van der Waals surface area contributed by atoms with E-state index in [0.29, 0.717) is 5.92 Å². The molecule has 0 aliphatic carbocycles. The van der Waals surface area contributed by atoms with E-state index in [4.69, 9.17) is 0 Å². The van der Waals surface area contributed by atoms with E-state index in [2.05, 4.69) is 37.2 Å². The van der Waals surface area contributed by atoms with Crippen molar-refractivity contribution >= 4 is 17.2 Å². The van der Waals surface area contributed by atoms with Crippen LogP contribution in [0.2, 0.25) is 0 Å². The number of anilines is 1. The van der Waals surface area contributed by atoms with Crippen LogP contribution in [0.4, 0.5) is 5.69 Å². The molecule has 5 rings (SSSR count). The maximum absolute atomic E-state index is 12.6. The Hall–Kier alpha value is -3.48. The van der Waals surface area contributed by atoms with E-state index >= 15 is 0 Å². The number of hydrogen-bond acceptors (Lipinski definition) is 4. The molecule has 7 nitrogen and oxygen atoms in total. The van der Waals surface area contributed by atoms with Gasteiger partial charge in [-0.25, -0.2) is 4.98 Å². The van der Waals surface area contributed by atoms with Crippen molar-refractivity contribution in [1.82, 2.24) is 24.1 Å². The predicted molar refractivity (Wildman–Crippen MR) is 110 cm³/mol. The Morgan fingerprint density at radius 3 is 2.93 bits per heavy atom. The van der Waals surface area contributed by atoms with Gasteiger partial charge >= 0.3 is 0 Å². The molecule has 1 aliphatic heterocycles. The molecule has 1 aliphatic rings. The molecule has 1 aromatic carbocycles. The Kier molecular flexibility index (Phi) is 4.35. The fourth-order valence-corrected chi connectivity index (χ4v) is 4.10. The van der Waals surface area contributed by atoms with Crippen LogP contribution in [0.15, 0.2) is 55.0 Å². The van der Waals surface area contributed by atoms with Gasteiger partial charge in [-0.15, -0.1) is 10.2 Å². The highest BCUT2D eigenvalue weighted by atomic mass is 16.1. The van der Waals surface area contributed by atoms with Gasteiger partial charge in [0.15, 0.2) is 0 Å². The number of nitrogens with one attached hydrogen (secondary N) is 1. The van der Waals surface area contributed by atoms with Gasteiger partial charge in [0.2, 0.25) is 5.91 Å². The molecule has 0 bridgehead atoms. The molecule has 7 heteroatoms. The molecule has 0 radical (unpaired) electrons. The molecule has 29 heavy (non-hydrogen) atoms. The van der Waals surface area contributed by atoms with Crippen LogP contribution in [0, 0.1) is 6.92 Å². The lowest BCUT2D eigenvalue weighted by Gasteiger charge is -2.23. The molecule has 1 atom stereocenters. The molecular formula is C22H22N6O. The SMILES string of the molecule is Cc1nc2ccccn2c1CC(=O)Nc1ccc(C2CCc3nncn3C2)cc1. The summed E-state index contributed by atoms with van der Waals surface area (Å²) in [6.07, 6.45) is 6.05. The summed E-state index contributed by atoms with van der Waals surface area (Å²) >= 11 is 0. The molecular weight excluding hydrogens is 364 g/mol. The number of aryl methyl sites for hydroxylation is 2. The minimum absolute atomic E-state index is 0.0432. The molecule has 1 unspecified atom stereocenters. The van der Waals surface area contributed by atoms with Gasteiger partial charge in [0.25, 0.3) is 0 Å². The Labute approximate surface area is 168 Å². The van der Waals surface area contributed by atoms with Crippen LogP contribution in [0.25, 0.3) is 5.65 Å². The quantitative estimate of drug-likeness (QED) is 0.585. The van der Waals surface area contributed by atoms with E-state index in [9.17, 15) is 4.79 Å². The maximum Gasteiger partial charge on any atom is 0.230 e. The second kappa shape index (κ2) is 7.16. The third-order valence-electron chi connectivity index (χ3n) is 5.65. The minimum atomic E-state index is -0.0432. The van der Waals surface area contributed by atoms with Gasteiger partial charge in [0.05, 0.1) is 17.8 Å². The lowest BCUT2D eigenvalue weighted by Crippen LogP contribution is -2.19. The van der Waals surface area contributed by atoms with Crippen molar-refractivity contribution in [1.29, 1.82) is 0 Å². The van der Waals surface area contributed by atoms with Gasteiger partial charge < -0.3 is 14.3 Å². The number of fused-ring (bicyclic) bond motifs is 2. The third kappa shape index (κ3) is 3.40. The summed E-state index contributed by atoms with van der Waals surface area (Å²) in [5.74, 6) is 1.47. The smallest absolute Gasteiger partial charge is 0.230 e.